The highest BCUT2D eigenvalue weighted by atomic mass is 32.1. The van der Waals surface area contributed by atoms with Gasteiger partial charge in [-0.25, -0.2) is 20.1 Å². The summed E-state index contributed by atoms with van der Waals surface area (Å²) in [6.07, 6.45) is -0.486. The molecular formula is C13H17N3O3S. The van der Waals surface area contributed by atoms with Crippen LogP contribution in [0.4, 0.5) is 10.5 Å². The zero-order chi connectivity index (χ0) is 14.8. The highest BCUT2D eigenvalue weighted by Crippen LogP contribution is 2.15. The van der Waals surface area contributed by atoms with Crippen molar-refractivity contribution in [3.63, 3.8) is 0 Å². The normalized spacial score (nSPS) is 18.2. The van der Waals surface area contributed by atoms with Crippen molar-refractivity contribution in [3.05, 3.63) is 29.8 Å². The maximum Gasteiger partial charge on any atom is 0.412 e. The highest BCUT2D eigenvalue weighted by Gasteiger charge is 2.17. The molecule has 2 N–H and O–H groups in total. The van der Waals surface area contributed by atoms with Crippen molar-refractivity contribution < 1.29 is 14.4 Å². The van der Waals surface area contributed by atoms with Crippen LogP contribution in [-0.4, -0.2) is 23.1 Å². The number of aliphatic imine (C=N–C) groups is 1. The van der Waals surface area contributed by atoms with Gasteiger partial charge in [0, 0.05) is 11.3 Å². The van der Waals surface area contributed by atoms with Gasteiger partial charge in [0.25, 0.3) is 0 Å². The lowest BCUT2D eigenvalue weighted by Crippen LogP contribution is -2.27. The predicted molar refractivity (Wildman–Crippen MR) is 79.8 cm³/mol. The molecule has 6 nitrogen and oxygen atoms in total. The summed E-state index contributed by atoms with van der Waals surface area (Å²) in [5.74, 6) is 0.605. The minimum atomic E-state index is -0.522. The van der Waals surface area contributed by atoms with Crippen molar-refractivity contribution in [1.29, 1.82) is 0 Å². The number of hydrogen-bond donors (Lipinski definition) is 3. The SMILES string of the molecule is CC(C)(C)OC(=O)Nc1ccc(C2=NC(S)ON2)cc1. The van der Waals surface area contributed by atoms with E-state index < -0.39 is 17.3 Å². The van der Waals surface area contributed by atoms with E-state index in [0.29, 0.717) is 11.5 Å². The molecule has 0 spiro atoms. The maximum atomic E-state index is 11.6. The monoisotopic (exact) mass is 295 g/mol. The first-order chi connectivity index (χ1) is 9.33. The lowest BCUT2D eigenvalue weighted by Gasteiger charge is -2.19. The number of nitrogens with one attached hydrogen (secondary N) is 2. The van der Waals surface area contributed by atoms with Crippen LogP contribution in [0.5, 0.6) is 0 Å². The van der Waals surface area contributed by atoms with Gasteiger partial charge in [0.15, 0.2) is 5.84 Å². The van der Waals surface area contributed by atoms with Crippen LogP contribution in [0.1, 0.15) is 26.3 Å². The summed E-state index contributed by atoms with van der Waals surface area (Å²) in [5.41, 5.74) is 3.14. The molecule has 1 atom stereocenters. The number of carbonyl (C=O) groups excluding carboxylic acids is 1. The van der Waals surface area contributed by atoms with Crippen LogP contribution in [0.3, 0.4) is 0 Å². The highest BCUT2D eigenvalue weighted by molar-refractivity contribution is 7.80. The van der Waals surface area contributed by atoms with Gasteiger partial charge >= 0.3 is 6.09 Å². The third-order valence-corrected chi connectivity index (χ3v) is 2.53. The Morgan fingerprint density at radius 1 is 1.40 bits per heavy atom. The van der Waals surface area contributed by atoms with Crippen LogP contribution in [-0.2, 0) is 9.57 Å². The van der Waals surface area contributed by atoms with E-state index in [1.807, 2.05) is 32.9 Å². The number of anilines is 1. The van der Waals surface area contributed by atoms with Crippen LogP contribution in [0, 0.1) is 0 Å². The Bertz CT molecular complexity index is 523. The van der Waals surface area contributed by atoms with Crippen LogP contribution in [0.25, 0.3) is 0 Å². The summed E-state index contributed by atoms with van der Waals surface area (Å²) in [4.78, 5) is 20.7. The number of thiol groups is 1. The van der Waals surface area contributed by atoms with E-state index in [2.05, 4.69) is 28.4 Å². The average Bonchev–Trinajstić information content (AvgIpc) is 2.74. The smallest absolute Gasteiger partial charge is 0.412 e. The second kappa shape index (κ2) is 5.72. The fraction of sp³-hybridized carbons (Fsp3) is 0.385. The number of nitrogens with zero attached hydrogens (tertiary/aromatic N) is 1. The van der Waals surface area contributed by atoms with Crippen molar-refractivity contribution in [2.75, 3.05) is 5.32 Å². The van der Waals surface area contributed by atoms with Gasteiger partial charge in [0.2, 0.25) is 5.56 Å². The number of ether oxygens (including phenoxy) is 1. The van der Waals surface area contributed by atoms with E-state index in [0.717, 1.165) is 5.56 Å². The second-order valence-corrected chi connectivity index (χ2v) is 5.67. The minimum absolute atomic E-state index is 0.486. The van der Waals surface area contributed by atoms with Gasteiger partial charge in [-0.05, 0) is 45.0 Å². The molecular weight excluding hydrogens is 278 g/mol. The molecule has 108 valence electrons. The van der Waals surface area contributed by atoms with Gasteiger partial charge in [-0.1, -0.05) is 0 Å². The molecule has 0 bridgehead atoms. The number of benzene rings is 1. The molecule has 0 radical (unpaired) electrons. The fourth-order valence-electron chi connectivity index (χ4n) is 1.54. The summed E-state index contributed by atoms with van der Waals surface area (Å²) in [5, 5.41) is 2.66. The summed E-state index contributed by atoms with van der Waals surface area (Å²) in [7, 11) is 0. The first kappa shape index (κ1) is 14.7. The van der Waals surface area contributed by atoms with Crippen LogP contribution < -0.4 is 10.8 Å². The Balaban J connectivity index is 1.98. The van der Waals surface area contributed by atoms with Crippen LogP contribution in [0.15, 0.2) is 29.3 Å². The van der Waals surface area contributed by atoms with Crippen molar-refractivity contribution in [2.24, 2.45) is 4.99 Å². The molecule has 20 heavy (non-hydrogen) atoms. The van der Waals surface area contributed by atoms with Crippen molar-refractivity contribution >= 4 is 30.2 Å². The number of hydrogen-bond acceptors (Lipinski definition) is 6. The topological polar surface area (TPSA) is 72.0 Å². The van der Waals surface area contributed by atoms with Crippen LogP contribution >= 0.6 is 12.6 Å². The van der Waals surface area contributed by atoms with Crippen molar-refractivity contribution in [3.8, 4) is 0 Å². The maximum absolute atomic E-state index is 11.6. The number of hydroxylamine groups is 1. The van der Waals surface area contributed by atoms with Crippen molar-refractivity contribution in [2.45, 2.75) is 31.9 Å². The number of amides is 1. The Morgan fingerprint density at radius 2 is 2.05 bits per heavy atom. The molecule has 0 saturated carbocycles. The first-order valence-corrected chi connectivity index (χ1v) is 6.63. The molecule has 1 aromatic rings. The number of amidine groups is 1. The van der Waals surface area contributed by atoms with Gasteiger partial charge in [0.1, 0.15) is 5.60 Å². The lowest BCUT2D eigenvalue weighted by molar-refractivity contribution is 0.0636. The molecule has 0 saturated heterocycles. The van der Waals surface area contributed by atoms with Gasteiger partial charge in [-0.2, -0.15) is 0 Å². The zero-order valence-corrected chi connectivity index (χ0v) is 12.4. The van der Waals surface area contributed by atoms with E-state index >= 15 is 0 Å². The third-order valence-electron chi connectivity index (χ3n) is 2.30. The quantitative estimate of drug-likeness (QED) is 0.733. The summed E-state index contributed by atoms with van der Waals surface area (Å²) >= 11 is 4.06. The van der Waals surface area contributed by atoms with E-state index in [-0.39, 0.29) is 0 Å². The number of rotatable bonds is 2. The largest absolute Gasteiger partial charge is 0.444 e. The molecule has 2 rings (SSSR count). The van der Waals surface area contributed by atoms with Crippen molar-refractivity contribution in [1.82, 2.24) is 5.48 Å². The molecule has 1 amide bonds. The minimum Gasteiger partial charge on any atom is -0.444 e. The fourth-order valence-corrected chi connectivity index (χ4v) is 1.71. The van der Waals surface area contributed by atoms with Gasteiger partial charge < -0.3 is 4.74 Å². The molecule has 7 heteroatoms. The lowest BCUT2D eigenvalue weighted by atomic mass is 10.2. The Morgan fingerprint density at radius 3 is 2.55 bits per heavy atom. The van der Waals surface area contributed by atoms with Gasteiger partial charge in [-0.3, -0.25) is 5.32 Å². The standard InChI is InChI=1S/C13H17N3O3S/c1-13(2,3)18-11(17)14-9-6-4-8(5-7-9)10-15-12(20)19-16-10/h4-7,12,20H,1-3H3,(H,14,17)(H,15,16). The summed E-state index contributed by atoms with van der Waals surface area (Å²) < 4.78 is 5.17. The molecule has 1 aromatic carbocycles. The van der Waals surface area contributed by atoms with E-state index in [1.54, 1.807) is 12.1 Å². The molecule has 0 aromatic heterocycles. The van der Waals surface area contributed by atoms with E-state index in [1.165, 1.54) is 0 Å². The van der Waals surface area contributed by atoms with Gasteiger partial charge in [0.05, 0.1) is 0 Å². The molecule has 1 heterocycles. The predicted octanol–water partition coefficient (Wildman–Crippen LogP) is 2.53. The molecule has 1 aliphatic heterocycles. The summed E-state index contributed by atoms with van der Waals surface area (Å²) in [6.45, 7) is 5.44. The Hall–Kier alpha value is -1.73. The second-order valence-electron chi connectivity index (χ2n) is 5.23. The van der Waals surface area contributed by atoms with E-state index in [9.17, 15) is 4.79 Å². The Kier molecular flexibility index (Phi) is 4.20. The molecule has 0 fully saturated rings. The van der Waals surface area contributed by atoms with E-state index in [4.69, 9.17) is 9.57 Å². The summed E-state index contributed by atoms with van der Waals surface area (Å²) in [6, 6.07) is 7.14. The molecule has 1 unspecified atom stereocenters. The third kappa shape index (κ3) is 4.14. The molecule has 0 aliphatic carbocycles. The van der Waals surface area contributed by atoms with Crippen LogP contribution in [0.2, 0.25) is 0 Å². The molecule has 1 aliphatic rings. The Labute approximate surface area is 122 Å². The average molecular weight is 295 g/mol. The zero-order valence-electron chi connectivity index (χ0n) is 11.5. The number of carbonyl (C=O) groups is 1. The van der Waals surface area contributed by atoms with Gasteiger partial charge in [-0.15, -0.1) is 12.6 Å². The first-order valence-electron chi connectivity index (χ1n) is 6.11.